The van der Waals surface area contributed by atoms with E-state index < -0.39 is 0 Å². The van der Waals surface area contributed by atoms with E-state index in [9.17, 15) is 0 Å². The Balaban J connectivity index is 3.73. The van der Waals surface area contributed by atoms with Crippen LogP contribution in [-0.4, -0.2) is 0 Å². The highest BCUT2D eigenvalue weighted by molar-refractivity contribution is 5.29. The fraction of sp³-hybridized carbons (Fsp3) is 0.571. The molecular weight excluding hydrogens is 168 g/mol. The lowest BCUT2D eigenvalue weighted by Gasteiger charge is -2.04. The molecule has 0 heteroatoms. The Bertz CT molecular complexity index is 206. The molecule has 0 nitrogen and oxygen atoms in total. The lowest BCUT2D eigenvalue weighted by atomic mass is 10.0. The van der Waals surface area contributed by atoms with Gasteiger partial charge in [0.1, 0.15) is 0 Å². The highest BCUT2D eigenvalue weighted by Gasteiger charge is 1.95. The van der Waals surface area contributed by atoms with Crippen LogP contribution in [0, 0.1) is 0 Å². The second kappa shape index (κ2) is 8.80. The van der Waals surface area contributed by atoms with Crippen LogP contribution in [0.1, 0.15) is 52.9 Å². The molecule has 0 saturated heterocycles. The van der Waals surface area contributed by atoms with Gasteiger partial charge in [0.2, 0.25) is 0 Å². The Morgan fingerprint density at radius 2 is 1.93 bits per heavy atom. The summed E-state index contributed by atoms with van der Waals surface area (Å²) < 4.78 is 0. The van der Waals surface area contributed by atoms with E-state index in [1.165, 1.54) is 36.8 Å². The standard InChI is InChI=1S/C14H24/c1-5-7-9-10-12-14(4)13(3)11-8-6-2/h6,8,11H,4-5,7,9-10,12H2,1-3H3/b8-6-,13-11-. The first-order chi connectivity index (χ1) is 6.72. The molecule has 0 amide bonds. The van der Waals surface area contributed by atoms with Gasteiger partial charge in [0.15, 0.2) is 0 Å². The summed E-state index contributed by atoms with van der Waals surface area (Å²) in [6.45, 7) is 10.5. The minimum Gasteiger partial charge on any atom is -0.0956 e. The molecule has 0 aromatic rings. The molecule has 0 aromatic carbocycles. The number of unbranched alkanes of at least 4 members (excludes halogenated alkanes) is 3. The molecule has 0 unspecified atom stereocenters. The van der Waals surface area contributed by atoms with E-state index in [-0.39, 0.29) is 0 Å². The van der Waals surface area contributed by atoms with Gasteiger partial charge in [-0.2, -0.15) is 0 Å². The molecule has 0 fully saturated rings. The van der Waals surface area contributed by atoms with Gasteiger partial charge in [0, 0.05) is 0 Å². The Kier molecular flexibility index (Phi) is 8.31. The van der Waals surface area contributed by atoms with Crippen LogP contribution in [0.25, 0.3) is 0 Å². The maximum atomic E-state index is 4.10. The molecular formula is C14H24. The summed E-state index contributed by atoms with van der Waals surface area (Å²) in [7, 11) is 0. The van der Waals surface area contributed by atoms with Crippen molar-refractivity contribution in [1.82, 2.24) is 0 Å². The lowest BCUT2D eigenvalue weighted by molar-refractivity contribution is 0.666. The van der Waals surface area contributed by atoms with E-state index in [1.54, 1.807) is 0 Å². The van der Waals surface area contributed by atoms with Crippen molar-refractivity contribution < 1.29 is 0 Å². The first-order valence-electron chi connectivity index (χ1n) is 5.70. The number of allylic oxidation sites excluding steroid dienone is 5. The van der Waals surface area contributed by atoms with Gasteiger partial charge in [-0.25, -0.2) is 0 Å². The average molecular weight is 192 g/mol. The molecule has 0 heterocycles. The quantitative estimate of drug-likeness (QED) is 0.392. The predicted octanol–water partition coefficient (Wildman–Crippen LogP) is 5.04. The van der Waals surface area contributed by atoms with Crippen molar-refractivity contribution in [1.29, 1.82) is 0 Å². The first-order valence-corrected chi connectivity index (χ1v) is 5.70. The zero-order valence-electron chi connectivity index (χ0n) is 9.97. The number of hydrogen-bond acceptors (Lipinski definition) is 0. The molecule has 0 aliphatic rings. The minimum absolute atomic E-state index is 1.15. The SMILES string of the molecule is C=C(CCCCCC)/C(C)=C\C=C/C. The molecule has 0 N–H and O–H groups in total. The van der Waals surface area contributed by atoms with Crippen LogP contribution in [0.2, 0.25) is 0 Å². The smallest absolute Gasteiger partial charge is 0.0282 e. The third-order valence-corrected chi connectivity index (χ3v) is 2.43. The summed E-state index contributed by atoms with van der Waals surface area (Å²) in [6.07, 6.45) is 12.7. The molecule has 0 radical (unpaired) electrons. The zero-order chi connectivity index (χ0) is 10.8. The molecule has 0 rings (SSSR count). The van der Waals surface area contributed by atoms with E-state index in [4.69, 9.17) is 0 Å². The van der Waals surface area contributed by atoms with Gasteiger partial charge in [-0.3, -0.25) is 0 Å². The van der Waals surface area contributed by atoms with Crippen LogP contribution in [0.3, 0.4) is 0 Å². The van der Waals surface area contributed by atoms with Gasteiger partial charge in [-0.05, 0) is 32.3 Å². The third-order valence-electron chi connectivity index (χ3n) is 2.43. The third kappa shape index (κ3) is 6.71. The Hall–Kier alpha value is -0.780. The maximum Gasteiger partial charge on any atom is -0.0282 e. The van der Waals surface area contributed by atoms with Gasteiger partial charge in [-0.15, -0.1) is 0 Å². The molecule has 14 heavy (non-hydrogen) atoms. The summed E-state index contributed by atoms with van der Waals surface area (Å²) >= 11 is 0. The summed E-state index contributed by atoms with van der Waals surface area (Å²) in [6, 6.07) is 0. The Labute approximate surface area is 89.4 Å². The topological polar surface area (TPSA) is 0 Å². The van der Waals surface area contributed by atoms with Gasteiger partial charge in [0.05, 0.1) is 0 Å². The van der Waals surface area contributed by atoms with Gasteiger partial charge >= 0.3 is 0 Å². The second-order valence-corrected chi connectivity index (χ2v) is 3.79. The van der Waals surface area contributed by atoms with E-state index in [2.05, 4.69) is 32.6 Å². The normalized spacial score (nSPS) is 12.4. The molecule has 80 valence electrons. The molecule has 0 aliphatic heterocycles. The van der Waals surface area contributed by atoms with Crippen LogP contribution in [-0.2, 0) is 0 Å². The van der Waals surface area contributed by atoms with Crippen molar-refractivity contribution in [2.24, 2.45) is 0 Å². The molecule has 0 aliphatic carbocycles. The number of hydrogen-bond donors (Lipinski definition) is 0. The van der Waals surface area contributed by atoms with Crippen LogP contribution >= 0.6 is 0 Å². The van der Waals surface area contributed by atoms with Crippen LogP contribution in [0.4, 0.5) is 0 Å². The van der Waals surface area contributed by atoms with Crippen molar-refractivity contribution in [2.75, 3.05) is 0 Å². The van der Waals surface area contributed by atoms with E-state index in [0.29, 0.717) is 0 Å². The first kappa shape index (κ1) is 13.2. The highest BCUT2D eigenvalue weighted by atomic mass is 14.0. The Morgan fingerprint density at radius 3 is 2.50 bits per heavy atom. The van der Waals surface area contributed by atoms with Crippen molar-refractivity contribution in [2.45, 2.75) is 52.9 Å². The van der Waals surface area contributed by atoms with Crippen molar-refractivity contribution in [3.63, 3.8) is 0 Å². The average Bonchev–Trinajstić information content (AvgIpc) is 2.20. The Morgan fingerprint density at radius 1 is 1.21 bits per heavy atom. The lowest BCUT2D eigenvalue weighted by Crippen LogP contribution is -1.85. The molecule has 0 bridgehead atoms. The van der Waals surface area contributed by atoms with Crippen LogP contribution in [0.5, 0.6) is 0 Å². The second-order valence-electron chi connectivity index (χ2n) is 3.79. The van der Waals surface area contributed by atoms with Crippen molar-refractivity contribution in [3.05, 3.63) is 36.0 Å². The molecule has 0 atom stereocenters. The molecule has 0 spiro atoms. The summed E-state index contributed by atoms with van der Waals surface area (Å²) in [5.41, 5.74) is 2.61. The fourth-order valence-electron chi connectivity index (χ4n) is 1.32. The minimum atomic E-state index is 1.15. The van der Waals surface area contributed by atoms with Gasteiger partial charge in [-0.1, -0.05) is 56.6 Å². The summed E-state index contributed by atoms with van der Waals surface area (Å²) in [5.74, 6) is 0. The van der Waals surface area contributed by atoms with Gasteiger partial charge in [0.25, 0.3) is 0 Å². The van der Waals surface area contributed by atoms with E-state index >= 15 is 0 Å². The van der Waals surface area contributed by atoms with Crippen LogP contribution < -0.4 is 0 Å². The molecule has 0 saturated carbocycles. The van der Waals surface area contributed by atoms with E-state index in [0.717, 1.165) is 6.42 Å². The number of rotatable bonds is 7. The summed E-state index contributed by atoms with van der Waals surface area (Å²) in [4.78, 5) is 0. The zero-order valence-corrected chi connectivity index (χ0v) is 9.97. The maximum absolute atomic E-state index is 4.10. The van der Waals surface area contributed by atoms with E-state index in [1.807, 2.05) is 13.0 Å². The highest BCUT2D eigenvalue weighted by Crippen LogP contribution is 2.15. The summed E-state index contributed by atoms with van der Waals surface area (Å²) in [5, 5.41) is 0. The van der Waals surface area contributed by atoms with Gasteiger partial charge < -0.3 is 0 Å². The monoisotopic (exact) mass is 192 g/mol. The largest absolute Gasteiger partial charge is 0.0956 e. The fourth-order valence-corrected chi connectivity index (χ4v) is 1.32. The van der Waals surface area contributed by atoms with Crippen molar-refractivity contribution >= 4 is 0 Å². The molecule has 0 aromatic heterocycles. The predicted molar refractivity (Wildman–Crippen MR) is 66.5 cm³/mol. The van der Waals surface area contributed by atoms with Crippen molar-refractivity contribution in [3.8, 4) is 0 Å². The van der Waals surface area contributed by atoms with Crippen LogP contribution in [0.15, 0.2) is 36.0 Å².